The Kier molecular flexibility index (Phi) is 7.18. The quantitative estimate of drug-likeness (QED) is 0.480. The van der Waals surface area contributed by atoms with Gasteiger partial charge in [0, 0.05) is 29.3 Å². The lowest BCUT2D eigenvalue weighted by Crippen LogP contribution is -2.41. The smallest absolute Gasteiger partial charge is 0.255 e. The van der Waals surface area contributed by atoms with Crippen molar-refractivity contribution in [2.75, 3.05) is 17.7 Å². The Bertz CT molecular complexity index is 1200. The van der Waals surface area contributed by atoms with E-state index in [-0.39, 0.29) is 10.8 Å². The topological polar surface area (TPSA) is 126 Å². The van der Waals surface area contributed by atoms with Crippen LogP contribution in [0.1, 0.15) is 17.3 Å². The van der Waals surface area contributed by atoms with Crippen LogP contribution in [0.3, 0.4) is 0 Å². The molecule has 1 heterocycles. The maximum Gasteiger partial charge on any atom is 0.255 e. The Morgan fingerprint density at radius 2 is 1.56 bits per heavy atom. The number of nitrogens with zero attached hydrogens (tertiary/aromatic N) is 1. The van der Waals surface area contributed by atoms with E-state index in [4.69, 9.17) is 4.74 Å². The minimum Gasteiger partial charge on any atom is -0.497 e. The summed E-state index contributed by atoms with van der Waals surface area (Å²) in [6, 6.07) is 14.5. The van der Waals surface area contributed by atoms with Gasteiger partial charge in [-0.3, -0.25) is 14.6 Å². The molecule has 0 fully saturated rings. The van der Waals surface area contributed by atoms with Gasteiger partial charge in [0.05, 0.1) is 18.0 Å². The summed E-state index contributed by atoms with van der Waals surface area (Å²) < 4.78 is 32.4. The minimum atomic E-state index is -3.90. The second kappa shape index (κ2) is 10.0. The van der Waals surface area contributed by atoms with Gasteiger partial charge in [-0.15, -0.1) is 0 Å². The number of nitrogens with one attached hydrogen (secondary N) is 3. The normalized spacial score (nSPS) is 11.9. The minimum absolute atomic E-state index is 0.0128. The van der Waals surface area contributed by atoms with Crippen LogP contribution in [-0.4, -0.2) is 38.4 Å². The second-order valence-electron chi connectivity index (χ2n) is 6.78. The highest BCUT2D eigenvalue weighted by Crippen LogP contribution is 2.18. The Morgan fingerprint density at radius 3 is 2.19 bits per heavy atom. The summed E-state index contributed by atoms with van der Waals surface area (Å²) in [7, 11) is -2.43. The molecular weight excluding hydrogens is 432 g/mol. The Hall–Kier alpha value is -3.76. The highest BCUT2D eigenvalue weighted by Gasteiger charge is 2.22. The Balaban J connectivity index is 1.63. The van der Waals surface area contributed by atoms with Crippen LogP contribution in [0.15, 0.2) is 78.0 Å². The molecule has 2 aromatic carbocycles. The van der Waals surface area contributed by atoms with Gasteiger partial charge in [-0.05, 0) is 61.5 Å². The van der Waals surface area contributed by atoms with E-state index in [0.29, 0.717) is 22.7 Å². The molecule has 2 amide bonds. The van der Waals surface area contributed by atoms with Crippen LogP contribution in [0.25, 0.3) is 0 Å². The van der Waals surface area contributed by atoms with Gasteiger partial charge in [0.15, 0.2) is 0 Å². The largest absolute Gasteiger partial charge is 0.497 e. The molecule has 0 aliphatic heterocycles. The molecule has 3 rings (SSSR count). The Morgan fingerprint density at radius 1 is 0.938 bits per heavy atom. The highest BCUT2D eigenvalue weighted by atomic mass is 32.2. The third-order valence-corrected chi connectivity index (χ3v) is 5.98. The number of methoxy groups -OCH3 is 1. The van der Waals surface area contributed by atoms with Gasteiger partial charge >= 0.3 is 0 Å². The molecule has 1 aromatic heterocycles. The zero-order valence-electron chi connectivity index (χ0n) is 17.4. The number of pyridine rings is 1. The monoisotopic (exact) mass is 454 g/mol. The van der Waals surface area contributed by atoms with Crippen LogP contribution in [0.2, 0.25) is 0 Å². The van der Waals surface area contributed by atoms with Crippen LogP contribution < -0.4 is 20.1 Å². The number of sulfonamides is 1. The third kappa shape index (κ3) is 5.90. The summed E-state index contributed by atoms with van der Waals surface area (Å²) in [5.74, 6) is -0.359. The van der Waals surface area contributed by atoms with Crippen molar-refractivity contribution in [1.82, 2.24) is 9.71 Å². The first-order valence-corrected chi connectivity index (χ1v) is 11.1. The summed E-state index contributed by atoms with van der Waals surface area (Å²) in [4.78, 5) is 28.7. The zero-order chi connectivity index (χ0) is 23.1. The van der Waals surface area contributed by atoms with Crippen molar-refractivity contribution in [2.45, 2.75) is 17.9 Å². The molecule has 0 saturated carbocycles. The summed E-state index contributed by atoms with van der Waals surface area (Å²) in [6.07, 6.45) is 3.03. The predicted molar refractivity (Wildman–Crippen MR) is 120 cm³/mol. The van der Waals surface area contributed by atoms with Gasteiger partial charge in [0.1, 0.15) is 5.75 Å². The van der Waals surface area contributed by atoms with Gasteiger partial charge in [-0.25, -0.2) is 8.42 Å². The number of hydrogen-bond acceptors (Lipinski definition) is 6. The van der Waals surface area contributed by atoms with Crippen molar-refractivity contribution < 1.29 is 22.7 Å². The summed E-state index contributed by atoms with van der Waals surface area (Å²) in [6.45, 7) is 1.44. The number of benzene rings is 2. The Labute approximate surface area is 185 Å². The standard InChI is InChI=1S/C22H22N4O5S/c1-15(26-32(29,30)20-8-6-19(31-2)7-9-20)21(27)24-17-4-3-5-18(14-17)25-22(28)16-10-12-23-13-11-16/h3-15,26H,1-2H3,(H,24,27)(H,25,28)/t15-/m0/s1. The molecule has 0 radical (unpaired) electrons. The summed E-state index contributed by atoms with van der Waals surface area (Å²) in [5.41, 5.74) is 1.31. The molecule has 0 aliphatic rings. The van der Waals surface area contributed by atoms with Gasteiger partial charge in [-0.1, -0.05) is 6.07 Å². The van der Waals surface area contributed by atoms with E-state index in [1.165, 1.54) is 50.7 Å². The number of hydrogen-bond donors (Lipinski definition) is 3. The van der Waals surface area contributed by atoms with E-state index < -0.39 is 22.0 Å². The summed E-state index contributed by atoms with van der Waals surface area (Å²) >= 11 is 0. The SMILES string of the molecule is COc1ccc(S(=O)(=O)N[C@@H](C)C(=O)Nc2cccc(NC(=O)c3ccncc3)c2)cc1. The number of aromatic nitrogens is 1. The van der Waals surface area contributed by atoms with Crippen LogP contribution >= 0.6 is 0 Å². The number of amides is 2. The lowest BCUT2D eigenvalue weighted by atomic mass is 10.2. The van der Waals surface area contributed by atoms with E-state index in [1.54, 1.807) is 36.4 Å². The van der Waals surface area contributed by atoms with Crippen molar-refractivity contribution in [1.29, 1.82) is 0 Å². The number of rotatable bonds is 8. The molecule has 1 atom stereocenters. The van der Waals surface area contributed by atoms with E-state index >= 15 is 0 Å². The lowest BCUT2D eigenvalue weighted by Gasteiger charge is -2.15. The fourth-order valence-electron chi connectivity index (χ4n) is 2.74. The summed E-state index contributed by atoms with van der Waals surface area (Å²) in [5, 5.41) is 5.37. The van der Waals surface area contributed by atoms with Crippen molar-refractivity contribution in [2.24, 2.45) is 0 Å². The van der Waals surface area contributed by atoms with Crippen LogP contribution in [0.5, 0.6) is 5.75 Å². The fraction of sp³-hybridized carbons (Fsp3) is 0.136. The molecule has 166 valence electrons. The van der Waals surface area contributed by atoms with Gasteiger partial charge in [-0.2, -0.15) is 4.72 Å². The van der Waals surface area contributed by atoms with Crippen molar-refractivity contribution in [3.63, 3.8) is 0 Å². The molecule has 32 heavy (non-hydrogen) atoms. The first-order chi connectivity index (χ1) is 15.3. The van der Waals surface area contributed by atoms with Gasteiger partial charge < -0.3 is 15.4 Å². The molecule has 0 bridgehead atoms. The van der Waals surface area contributed by atoms with Gasteiger partial charge in [0.2, 0.25) is 15.9 Å². The van der Waals surface area contributed by atoms with E-state index in [1.807, 2.05) is 0 Å². The first-order valence-electron chi connectivity index (χ1n) is 9.57. The van der Waals surface area contributed by atoms with E-state index in [0.717, 1.165) is 0 Å². The molecule has 0 saturated heterocycles. The number of carbonyl (C=O) groups excluding carboxylic acids is 2. The maximum atomic E-state index is 12.5. The molecular formula is C22H22N4O5S. The van der Waals surface area contributed by atoms with Crippen molar-refractivity contribution in [3.8, 4) is 5.75 Å². The average molecular weight is 455 g/mol. The fourth-order valence-corrected chi connectivity index (χ4v) is 3.94. The van der Waals surface area contributed by atoms with Crippen molar-refractivity contribution >= 4 is 33.2 Å². The average Bonchev–Trinajstić information content (AvgIpc) is 2.79. The molecule has 0 spiro atoms. The molecule has 3 N–H and O–H groups in total. The molecule has 0 aliphatic carbocycles. The molecule has 0 unspecified atom stereocenters. The van der Waals surface area contributed by atoms with Crippen LogP contribution in [-0.2, 0) is 14.8 Å². The van der Waals surface area contributed by atoms with Gasteiger partial charge in [0.25, 0.3) is 5.91 Å². The zero-order valence-corrected chi connectivity index (χ0v) is 18.2. The second-order valence-corrected chi connectivity index (χ2v) is 8.49. The number of anilines is 2. The molecule has 3 aromatic rings. The van der Waals surface area contributed by atoms with E-state index in [2.05, 4.69) is 20.3 Å². The lowest BCUT2D eigenvalue weighted by molar-refractivity contribution is -0.117. The van der Waals surface area contributed by atoms with E-state index in [9.17, 15) is 18.0 Å². The third-order valence-electron chi connectivity index (χ3n) is 4.43. The molecule has 9 nitrogen and oxygen atoms in total. The molecule has 10 heteroatoms. The number of ether oxygens (including phenoxy) is 1. The van der Waals surface area contributed by atoms with Crippen LogP contribution in [0, 0.1) is 0 Å². The maximum absolute atomic E-state index is 12.5. The van der Waals surface area contributed by atoms with Crippen molar-refractivity contribution in [3.05, 3.63) is 78.6 Å². The number of carbonyl (C=O) groups is 2. The first kappa shape index (κ1) is 22.9. The van der Waals surface area contributed by atoms with Crippen LogP contribution in [0.4, 0.5) is 11.4 Å². The predicted octanol–water partition coefficient (Wildman–Crippen LogP) is 2.65. The highest BCUT2D eigenvalue weighted by molar-refractivity contribution is 7.89.